The van der Waals surface area contributed by atoms with Crippen LogP contribution in [0, 0.1) is 0 Å². The van der Waals surface area contributed by atoms with E-state index >= 15 is 0 Å². The molecule has 0 bridgehead atoms. The van der Waals surface area contributed by atoms with Crippen molar-refractivity contribution in [1.29, 1.82) is 0 Å². The van der Waals surface area contributed by atoms with E-state index in [0.717, 1.165) is 0 Å². The second-order valence-electron chi connectivity index (χ2n) is 3.19. The van der Waals surface area contributed by atoms with Gasteiger partial charge in [-0.15, -0.1) is 0 Å². The van der Waals surface area contributed by atoms with Gasteiger partial charge in [0.15, 0.2) is 0 Å². The molecule has 7 heteroatoms. The molecule has 7 nitrogen and oxygen atoms in total. The largest absolute Gasteiger partial charge is 0.394 e. The van der Waals surface area contributed by atoms with E-state index < -0.39 is 6.10 Å². The standard InChI is InChI=1S/C7H17NO6.C3H8/c1-7(11)6-14-8(12-4-2-9)13-5-3-10;1-3-2/h7,9-11H,2-6H2,1H3;3H2,1-2H3. The summed E-state index contributed by atoms with van der Waals surface area (Å²) in [5.74, 6) is 0. The fourth-order valence-corrected chi connectivity index (χ4v) is 0.511. The Hall–Kier alpha value is -0.280. The molecule has 0 aromatic carbocycles. The Balaban J connectivity index is 0. The zero-order valence-corrected chi connectivity index (χ0v) is 10.8. The predicted molar refractivity (Wildman–Crippen MR) is 61.5 cm³/mol. The molecule has 0 saturated carbocycles. The van der Waals surface area contributed by atoms with Gasteiger partial charge < -0.3 is 15.3 Å². The summed E-state index contributed by atoms with van der Waals surface area (Å²) in [4.78, 5) is 14.3. The van der Waals surface area contributed by atoms with Crippen molar-refractivity contribution < 1.29 is 29.8 Å². The number of rotatable bonds is 9. The van der Waals surface area contributed by atoms with Crippen LogP contribution in [0.5, 0.6) is 0 Å². The van der Waals surface area contributed by atoms with Gasteiger partial charge in [0.05, 0.1) is 44.5 Å². The summed E-state index contributed by atoms with van der Waals surface area (Å²) >= 11 is 0. The molecule has 0 aliphatic carbocycles. The Morgan fingerprint density at radius 1 is 1.00 bits per heavy atom. The minimum absolute atomic E-state index is 0.00312. The van der Waals surface area contributed by atoms with Crippen molar-refractivity contribution in [2.45, 2.75) is 33.3 Å². The van der Waals surface area contributed by atoms with E-state index in [1.807, 2.05) is 0 Å². The highest BCUT2D eigenvalue weighted by Crippen LogP contribution is 1.95. The summed E-state index contributed by atoms with van der Waals surface area (Å²) in [5.41, 5.74) is 0. The maximum absolute atomic E-state index is 8.89. The van der Waals surface area contributed by atoms with Crippen LogP contribution in [0.15, 0.2) is 0 Å². The first-order chi connectivity index (χ1) is 8.12. The Morgan fingerprint density at radius 2 is 1.41 bits per heavy atom. The maximum Gasteiger partial charge on any atom is 0.0992 e. The molecule has 0 rings (SSSR count). The number of hydrogen-bond donors (Lipinski definition) is 3. The van der Waals surface area contributed by atoms with E-state index in [4.69, 9.17) is 29.8 Å². The van der Waals surface area contributed by atoms with E-state index in [1.54, 1.807) is 0 Å². The van der Waals surface area contributed by atoms with Crippen molar-refractivity contribution >= 4 is 0 Å². The van der Waals surface area contributed by atoms with E-state index in [2.05, 4.69) is 13.8 Å². The van der Waals surface area contributed by atoms with Crippen molar-refractivity contribution in [1.82, 2.24) is 5.39 Å². The van der Waals surface area contributed by atoms with E-state index in [9.17, 15) is 0 Å². The highest BCUT2D eigenvalue weighted by Gasteiger charge is 2.08. The molecule has 0 saturated heterocycles. The van der Waals surface area contributed by atoms with E-state index in [1.165, 1.54) is 13.3 Å². The van der Waals surface area contributed by atoms with Gasteiger partial charge in [0.2, 0.25) is 0 Å². The van der Waals surface area contributed by atoms with Crippen molar-refractivity contribution in [2.75, 3.05) is 33.0 Å². The van der Waals surface area contributed by atoms with E-state index in [-0.39, 0.29) is 33.0 Å². The molecule has 0 aliphatic heterocycles. The second-order valence-corrected chi connectivity index (χ2v) is 3.19. The van der Waals surface area contributed by atoms with E-state index in [0.29, 0.717) is 5.39 Å². The smallest absolute Gasteiger partial charge is 0.0992 e. The van der Waals surface area contributed by atoms with Crippen molar-refractivity contribution in [3.05, 3.63) is 0 Å². The van der Waals surface area contributed by atoms with Gasteiger partial charge in [0, 0.05) is 0 Å². The molecular formula is C10H25NO6. The zero-order chi connectivity index (χ0) is 13.5. The number of hydrogen-bond acceptors (Lipinski definition) is 7. The number of nitrogens with zero attached hydrogens (tertiary/aromatic N) is 1. The lowest BCUT2D eigenvalue weighted by molar-refractivity contribution is -0.529. The first kappa shape index (κ1) is 19.1. The van der Waals surface area contributed by atoms with Gasteiger partial charge in [-0.25, -0.2) is 14.5 Å². The Kier molecular flexibility index (Phi) is 17.6. The Labute approximate surface area is 102 Å². The SMILES string of the molecule is CC(O)CON(OCCO)OCCO.CCC. The Morgan fingerprint density at radius 3 is 1.71 bits per heavy atom. The second kappa shape index (κ2) is 15.7. The fraction of sp³-hybridized carbons (Fsp3) is 1.00. The average molecular weight is 255 g/mol. The molecular weight excluding hydrogens is 230 g/mol. The third kappa shape index (κ3) is 18.3. The van der Waals surface area contributed by atoms with Crippen molar-refractivity contribution in [3.63, 3.8) is 0 Å². The minimum Gasteiger partial charge on any atom is -0.394 e. The van der Waals surface area contributed by atoms with Crippen molar-refractivity contribution in [2.24, 2.45) is 0 Å². The molecule has 0 aliphatic rings. The van der Waals surface area contributed by atoms with Gasteiger partial charge >= 0.3 is 0 Å². The van der Waals surface area contributed by atoms with Gasteiger partial charge in [0.1, 0.15) is 0 Å². The number of aliphatic hydroxyl groups is 3. The van der Waals surface area contributed by atoms with Crippen LogP contribution in [0.3, 0.4) is 0 Å². The third-order valence-corrected chi connectivity index (χ3v) is 0.997. The summed E-state index contributed by atoms with van der Waals surface area (Å²) in [6, 6.07) is 0. The topological polar surface area (TPSA) is 91.6 Å². The first-order valence-corrected chi connectivity index (χ1v) is 5.70. The van der Waals surface area contributed by atoms with Crippen LogP contribution in [0.2, 0.25) is 0 Å². The summed E-state index contributed by atoms with van der Waals surface area (Å²) in [6.45, 7) is 5.43. The lowest BCUT2D eigenvalue weighted by Gasteiger charge is -2.19. The molecule has 0 fully saturated rings. The highest BCUT2D eigenvalue weighted by molar-refractivity contribution is 4.37. The quantitative estimate of drug-likeness (QED) is 0.494. The van der Waals surface area contributed by atoms with Crippen LogP contribution in [-0.4, -0.2) is 59.8 Å². The molecule has 17 heavy (non-hydrogen) atoms. The van der Waals surface area contributed by atoms with Crippen LogP contribution in [-0.2, 0) is 14.5 Å². The molecule has 0 aromatic rings. The molecule has 0 radical (unpaired) electrons. The van der Waals surface area contributed by atoms with Gasteiger partial charge in [-0.3, -0.25) is 0 Å². The van der Waals surface area contributed by atoms with Crippen LogP contribution in [0.4, 0.5) is 0 Å². The zero-order valence-electron chi connectivity index (χ0n) is 10.8. The molecule has 1 unspecified atom stereocenters. The lowest BCUT2D eigenvalue weighted by Crippen LogP contribution is -2.30. The highest BCUT2D eigenvalue weighted by atomic mass is 17.2. The van der Waals surface area contributed by atoms with Gasteiger partial charge in [-0.1, -0.05) is 20.3 Å². The fourth-order valence-electron chi connectivity index (χ4n) is 0.511. The molecule has 0 spiro atoms. The van der Waals surface area contributed by atoms with Gasteiger partial charge in [-0.05, 0) is 6.92 Å². The number of aliphatic hydroxyl groups excluding tert-OH is 3. The average Bonchev–Trinajstić information content (AvgIpc) is 2.29. The molecule has 0 heterocycles. The molecule has 0 amide bonds. The minimum atomic E-state index is -0.659. The predicted octanol–water partition coefficient (Wildman–Crippen LogP) is -0.135. The van der Waals surface area contributed by atoms with Crippen LogP contribution >= 0.6 is 0 Å². The van der Waals surface area contributed by atoms with Gasteiger partial charge in [-0.2, -0.15) is 0 Å². The Bertz CT molecular complexity index is 128. The third-order valence-electron chi connectivity index (χ3n) is 0.997. The molecule has 106 valence electrons. The molecule has 1 atom stereocenters. The van der Waals surface area contributed by atoms with Crippen LogP contribution in [0.1, 0.15) is 27.2 Å². The monoisotopic (exact) mass is 255 g/mol. The molecule has 0 aromatic heterocycles. The van der Waals surface area contributed by atoms with Crippen LogP contribution < -0.4 is 0 Å². The maximum atomic E-state index is 8.89. The summed E-state index contributed by atoms with van der Waals surface area (Å²) in [7, 11) is 0. The summed E-state index contributed by atoms with van der Waals surface area (Å²) in [5, 5.41) is 26.5. The van der Waals surface area contributed by atoms with Gasteiger partial charge in [0.25, 0.3) is 0 Å². The molecule has 3 N–H and O–H groups in total. The lowest BCUT2D eigenvalue weighted by atomic mass is 10.5. The summed E-state index contributed by atoms with van der Waals surface area (Å²) < 4.78 is 0. The summed E-state index contributed by atoms with van der Waals surface area (Å²) in [6.07, 6.45) is 0.591. The first-order valence-electron chi connectivity index (χ1n) is 5.70. The van der Waals surface area contributed by atoms with Crippen molar-refractivity contribution in [3.8, 4) is 0 Å². The normalized spacial score (nSPS) is 12.2. The van der Waals surface area contributed by atoms with Crippen LogP contribution in [0.25, 0.3) is 0 Å².